The van der Waals surface area contributed by atoms with Crippen molar-refractivity contribution in [1.29, 1.82) is 0 Å². The zero-order valence-electron chi connectivity index (χ0n) is 14.9. The van der Waals surface area contributed by atoms with Crippen molar-refractivity contribution in [1.82, 2.24) is 15.5 Å². The number of nitrogens with zero attached hydrogens (tertiary/aromatic N) is 1. The van der Waals surface area contributed by atoms with Crippen LogP contribution < -0.4 is 15.4 Å². The molecule has 1 heterocycles. The summed E-state index contributed by atoms with van der Waals surface area (Å²) >= 11 is 0. The minimum atomic E-state index is -0.145. The van der Waals surface area contributed by atoms with Gasteiger partial charge in [-0.2, -0.15) is 0 Å². The van der Waals surface area contributed by atoms with Crippen LogP contribution in [0.3, 0.4) is 0 Å². The average Bonchev–Trinajstić information content (AvgIpc) is 2.59. The van der Waals surface area contributed by atoms with Gasteiger partial charge in [-0.25, -0.2) is 4.79 Å². The number of methoxy groups -OCH3 is 1. The van der Waals surface area contributed by atoms with E-state index in [-0.39, 0.29) is 12.1 Å². The fraction of sp³-hybridized carbons (Fsp3) is 0.611. The van der Waals surface area contributed by atoms with E-state index in [2.05, 4.69) is 15.5 Å². The van der Waals surface area contributed by atoms with E-state index in [4.69, 9.17) is 9.47 Å². The van der Waals surface area contributed by atoms with Crippen molar-refractivity contribution in [2.75, 3.05) is 46.5 Å². The van der Waals surface area contributed by atoms with Crippen LogP contribution in [0.1, 0.15) is 30.5 Å². The van der Waals surface area contributed by atoms with Crippen molar-refractivity contribution in [2.45, 2.75) is 26.3 Å². The molecule has 1 saturated heterocycles. The Kier molecular flexibility index (Phi) is 7.34. The Morgan fingerprint density at radius 1 is 1.38 bits per heavy atom. The zero-order chi connectivity index (χ0) is 17.4. The number of urea groups is 1. The molecule has 0 bridgehead atoms. The van der Waals surface area contributed by atoms with E-state index in [1.165, 1.54) is 0 Å². The second kappa shape index (κ2) is 9.49. The average molecular weight is 335 g/mol. The molecule has 24 heavy (non-hydrogen) atoms. The zero-order valence-corrected chi connectivity index (χ0v) is 14.9. The largest absolute Gasteiger partial charge is 0.496 e. The Labute approximate surface area is 144 Å². The van der Waals surface area contributed by atoms with Crippen LogP contribution >= 0.6 is 0 Å². The smallest absolute Gasteiger partial charge is 0.315 e. The summed E-state index contributed by atoms with van der Waals surface area (Å²) in [6.07, 6.45) is 0.940. The lowest BCUT2D eigenvalue weighted by molar-refractivity contribution is 0.0375. The fourth-order valence-corrected chi connectivity index (χ4v) is 2.85. The maximum absolute atomic E-state index is 12.1. The summed E-state index contributed by atoms with van der Waals surface area (Å²) in [5.74, 6) is 0.792. The molecular weight excluding hydrogens is 306 g/mol. The molecule has 1 aliphatic heterocycles. The molecule has 6 heteroatoms. The Morgan fingerprint density at radius 3 is 2.83 bits per heavy atom. The first kappa shape index (κ1) is 18.5. The van der Waals surface area contributed by atoms with Crippen LogP contribution in [-0.2, 0) is 4.74 Å². The molecule has 0 aromatic heterocycles. The normalized spacial score (nSPS) is 16.5. The maximum Gasteiger partial charge on any atom is 0.315 e. The van der Waals surface area contributed by atoms with Crippen molar-refractivity contribution in [3.63, 3.8) is 0 Å². The maximum atomic E-state index is 12.1. The molecule has 2 N–H and O–H groups in total. The highest BCUT2D eigenvalue weighted by atomic mass is 16.5. The van der Waals surface area contributed by atoms with Gasteiger partial charge >= 0.3 is 6.03 Å². The number of hydrogen-bond acceptors (Lipinski definition) is 4. The Balaban J connectivity index is 1.72. The van der Waals surface area contributed by atoms with E-state index in [9.17, 15) is 4.79 Å². The van der Waals surface area contributed by atoms with E-state index >= 15 is 0 Å². The third kappa shape index (κ3) is 5.69. The van der Waals surface area contributed by atoms with Crippen LogP contribution in [0.25, 0.3) is 0 Å². The summed E-state index contributed by atoms with van der Waals surface area (Å²) in [4.78, 5) is 14.4. The molecule has 1 fully saturated rings. The highest BCUT2D eigenvalue weighted by molar-refractivity contribution is 5.74. The molecule has 1 aromatic carbocycles. The van der Waals surface area contributed by atoms with Gasteiger partial charge in [-0.05, 0) is 32.9 Å². The lowest BCUT2D eigenvalue weighted by Crippen LogP contribution is -2.40. The van der Waals surface area contributed by atoms with Gasteiger partial charge in [-0.15, -0.1) is 0 Å². The van der Waals surface area contributed by atoms with Crippen molar-refractivity contribution < 1.29 is 14.3 Å². The molecule has 134 valence electrons. The number of morpholine rings is 1. The summed E-state index contributed by atoms with van der Waals surface area (Å²) < 4.78 is 10.7. The molecule has 1 atom stereocenters. The van der Waals surface area contributed by atoms with Crippen LogP contribution in [0.4, 0.5) is 4.79 Å². The molecule has 0 saturated carbocycles. The van der Waals surface area contributed by atoms with Gasteiger partial charge in [-0.3, -0.25) is 4.90 Å². The Morgan fingerprint density at radius 2 is 2.12 bits per heavy atom. The van der Waals surface area contributed by atoms with Crippen LogP contribution in [0.2, 0.25) is 0 Å². The minimum absolute atomic E-state index is 0.112. The van der Waals surface area contributed by atoms with E-state index in [1.54, 1.807) is 7.11 Å². The Hall–Kier alpha value is -1.79. The topological polar surface area (TPSA) is 62.8 Å². The number of benzene rings is 1. The highest BCUT2D eigenvalue weighted by Crippen LogP contribution is 2.25. The lowest BCUT2D eigenvalue weighted by Gasteiger charge is -2.26. The van der Waals surface area contributed by atoms with Crippen molar-refractivity contribution >= 4 is 6.03 Å². The van der Waals surface area contributed by atoms with Crippen LogP contribution in [0.5, 0.6) is 5.75 Å². The number of carbonyl (C=O) groups excluding carboxylic acids is 1. The van der Waals surface area contributed by atoms with Gasteiger partial charge < -0.3 is 20.1 Å². The van der Waals surface area contributed by atoms with Crippen molar-refractivity contribution in [2.24, 2.45) is 0 Å². The van der Waals surface area contributed by atoms with Crippen LogP contribution in [0.15, 0.2) is 18.2 Å². The molecule has 0 radical (unpaired) electrons. The number of hydrogen-bond donors (Lipinski definition) is 2. The summed E-state index contributed by atoms with van der Waals surface area (Å²) in [7, 11) is 1.65. The number of nitrogens with one attached hydrogen (secondary N) is 2. The predicted octanol–water partition coefficient (Wildman–Crippen LogP) is 2.09. The fourth-order valence-electron chi connectivity index (χ4n) is 2.85. The van der Waals surface area contributed by atoms with Gasteiger partial charge in [0.1, 0.15) is 5.75 Å². The molecule has 6 nitrogen and oxygen atoms in total. The molecule has 0 aliphatic carbocycles. The second-order valence-electron chi connectivity index (χ2n) is 6.17. The first-order valence-electron chi connectivity index (χ1n) is 8.59. The van der Waals surface area contributed by atoms with Gasteiger partial charge in [0.25, 0.3) is 0 Å². The highest BCUT2D eigenvalue weighted by Gasteiger charge is 2.14. The van der Waals surface area contributed by atoms with Gasteiger partial charge in [0.2, 0.25) is 0 Å². The molecule has 1 aliphatic rings. The third-order valence-corrected chi connectivity index (χ3v) is 4.24. The van der Waals surface area contributed by atoms with Gasteiger partial charge in [0.15, 0.2) is 0 Å². The summed E-state index contributed by atoms with van der Waals surface area (Å²) in [5, 5.41) is 5.90. The SMILES string of the molecule is COc1ccc(C)cc1C(C)NC(=O)NCCCN1CCOCC1. The standard InChI is InChI=1S/C18H29N3O3/c1-14-5-6-17(23-3)16(13-14)15(2)20-18(22)19-7-4-8-21-9-11-24-12-10-21/h5-6,13,15H,4,7-12H2,1-3H3,(H2,19,20,22). The van der Waals surface area contributed by atoms with Crippen LogP contribution in [-0.4, -0.2) is 57.4 Å². The number of amides is 2. The van der Waals surface area contributed by atoms with E-state index in [1.807, 2.05) is 32.0 Å². The second-order valence-corrected chi connectivity index (χ2v) is 6.17. The van der Waals surface area contributed by atoms with Gasteiger partial charge in [0, 0.05) is 25.2 Å². The van der Waals surface area contributed by atoms with E-state index in [0.717, 1.165) is 56.1 Å². The van der Waals surface area contributed by atoms with Gasteiger partial charge in [-0.1, -0.05) is 17.7 Å². The summed E-state index contributed by atoms with van der Waals surface area (Å²) in [6, 6.07) is 5.72. The van der Waals surface area contributed by atoms with Crippen molar-refractivity contribution in [3.8, 4) is 5.75 Å². The van der Waals surface area contributed by atoms with E-state index in [0.29, 0.717) is 6.54 Å². The summed E-state index contributed by atoms with van der Waals surface area (Å²) in [6.45, 7) is 9.23. The third-order valence-electron chi connectivity index (χ3n) is 4.24. The molecular formula is C18H29N3O3. The number of aryl methyl sites for hydroxylation is 1. The monoisotopic (exact) mass is 335 g/mol. The first-order valence-corrected chi connectivity index (χ1v) is 8.59. The molecule has 0 spiro atoms. The lowest BCUT2D eigenvalue weighted by atomic mass is 10.0. The van der Waals surface area contributed by atoms with Crippen molar-refractivity contribution in [3.05, 3.63) is 29.3 Å². The summed E-state index contributed by atoms with van der Waals surface area (Å²) in [5.41, 5.74) is 2.13. The van der Waals surface area contributed by atoms with Crippen LogP contribution in [0, 0.1) is 6.92 Å². The Bertz CT molecular complexity index is 530. The molecule has 1 unspecified atom stereocenters. The first-order chi connectivity index (χ1) is 11.6. The number of carbonyl (C=O) groups is 1. The molecule has 2 amide bonds. The minimum Gasteiger partial charge on any atom is -0.496 e. The predicted molar refractivity (Wildman–Crippen MR) is 94.6 cm³/mol. The molecule has 1 aromatic rings. The van der Waals surface area contributed by atoms with Gasteiger partial charge in [0.05, 0.1) is 26.4 Å². The van der Waals surface area contributed by atoms with E-state index < -0.39 is 0 Å². The number of ether oxygens (including phenoxy) is 2. The molecule has 2 rings (SSSR count). The number of rotatable bonds is 7. The quantitative estimate of drug-likeness (QED) is 0.749.